The van der Waals surface area contributed by atoms with Crippen molar-refractivity contribution >= 4 is 39.9 Å². The average Bonchev–Trinajstić information content (AvgIpc) is 2.99. The smallest absolute Gasteiger partial charge is 0.130 e. The lowest BCUT2D eigenvalue weighted by Gasteiger charge is -2.11. The van der Waals surface area contributed by atoms with Gasteiger partial charge < -0.3 is 4.98 Å². The van der Waals surface area contributed by atoms with E-state index in [2.05, 4.69) is 44.1 Å². The Labute approximate surface area is 142 Å². The Hall–Kier alpha value is -0.650. The van der Waals surface area contributed by atoms with E-state index in [1.54, 1.807) is 11.8 Å². The van der Waals surface area contributed by atoms with Crippen LogP contribution in [0.3, 0.4) is 0 Å². The summed E-state index contributed by atoms with van der Waals surface area (Å²) < 4.78 is 1.81. The number of aromatic nitrogens is 2. The third-order valence-corrected chi connectivity index (χ3v) is 5.49. The quantitative estimate of drug-likeness (QED) is 0.532. The summed E-state index contributed by atoms with van der Waals surface area (Å²) in [5, 5.41) is 0. The Morgan fingerprint density at radius 3 is 2.86 bits per heavy atom. The molecule has 1 saturated carbocycles. The fraction of sp³-hybridized carbons (Fsp3) is 0.375. The van der Waals surface area contributed by atoms with Gasteiger partial charge in [-0.05, 0) is 43.0 Å². The lowest BCUT2D eigenvalue weighted by atomic mass is 10.0. The second kappa shape index (κ2) is 7.07. The highest BCUT2D eigenvalue weighted by atomic mass is 79.9. The number of benzene rings is 1. The summed E-state index contributed by atoms with van der Waals surface area (Å²) in [5.41, 5.74) is 1.28. The summed E-state index contributed by atoms with van der Waals surface area (Å²) in [6.45, 7) is 0. The predicted octanol–water partition coefficient (Wildman–Crippen LogP) is 5.85. The van der Waals surface area contributed by atoms with Gasteiger partial charge in [-0.15, -0.1) is 11.8 Å². The number of nitrogens with one attached hydrogen (secondary N) is 1. The third-order valence-electron chi connectivity index (χ3n) is 3.78. The molecule has 110 valence electrons. The lowest BCUT2D eigenvalue weighted by Crippen LogP contribution is -2.02. The Kier molecular flexibility index (Phi) is 5.14. The van der Waals surface area contributed by atoms with Crippen molar-refractivity contribution in [3.05, 3.63) is 51.0 Å². The standard InChI is InChI=1S/C16H17BrN2S2/c17-12-6-3-7-13(8-12)21-10-15-18-14(9-16(20)19-15)11-4-1-2-5-11/h3,6-9,11H,1-2,4-5,10H2,(H,18,19,20). The second-order valence-electron chi connectivity index (χ2n) is 5.35. The number of halogens is 1. The largest absolute Gasteiger partial charge is 0.346 e. The fourth-order valence-electron chi connectivity index (χ4n) is 2.76. The van der Waals surface area contributed by atoms with Crippen molar-refractivity contribution in [3.8, 4) is 0 Å². The van der Waals surface area contributed by atoms with Gasteiger partial charge in [0.1, 0.15) is 10.5 Å². The van der Waals surface area contributed by atoms with Gasteiger partial charge in [0.2, 0.25) is 0 Å². The zero-order valence-corrected chi connectivity index (χ0v) is 14.9. The topological polar surface area (TPSA) is 28.7 Å². The Morgan fingerprint density at radius 2 is 2.10 bits per heavy atom. The first-order chi connectivity index (χ1) is 10.2. The molecule has 0 atom stereocenters. The molecule has 1 fully saturated rings. The van der Waals surface area contributed by atoms with Crippen LogP contribution in [-0.2, 0) is 5.75 Å². The van der Waals surface area contributed by atoms with Crippen LogP contribution in [-0.4, -0.2) is 9.97 Å². The summed E-state index contributed by atoms with van der Waals surface area (Å²) in [4.78, 5) is 9.20. The van der Waals surface area contributed by atoms with Crippen molar-refractivity contribution in [1.29, 1.82) is 0 Å². The molecule has 1 N–H and O–H groups in total. The minimum atomic E-state index is 0.643. The molecule has 0 unspecified atom stereocenters. The van der Waals surface area contributed by atoms with Gasteiger partial charge in [0.15, 0.2) is 0 Å². The van der Waals surface area contributed by atoms with Crippen molar-refractivity contribution in [2.24, 2.45) is 0 Å². The number of aromatic amines is 1. The van der Waals surface area contributed by atoms with Gasteiger partial charge in [0.25, 0.3) is 0 Å². The van der Waals surface area contributed by atoms with Gasteiger partial charge in [-0.1, -0.05) is 47.1 Å². The van der Waals surface area contributed by atoms with Crippen LogP contribution in [0.2, 0.25) is 0 Å². The molecule has 0 amide bonds. The maximum atomic E-state index is 5.33. The number of rotatable bonds is 4. The molecular weight excluding hydrogens is 364 g/mol. The molecule has 0 bridgehead atoms. The summed E-state index contributed by atoms with van der Waals surface area (Å²) >= 11 is 10.6. The molecule has 1 aromatic carbocycles. The normalized spacial score (nSPS) is 15.5. The van der Waals surface area contributed by atoms with E-state index >= 15 is 0 Å². The number of H-pyrrole nitrogens is 1. The first-order valence-corrected chi connectivity index (χ1v) is 9.38. The molecule has 21 heavy (non-hydrogen) atoms. The first kappa shape index (κ1) is 15.3. The van der Waals surface area contributed by atoms with E-state index in [4.69, 9.17) is 12.2 Å². The fourth-order valence-corrected chi connectivity index (χ4v) is 4.38. The van der Waals surface area contributed by atoms with Crippen LogP contribution in [0.15, 0.2) is 39.7 Å². The minimum absolute atomic E-state index is 0.643. The van der Waals surface area contributed by atoms with E-state index in [0.29, 0.717) is 10.6 Å². The molecule has 0 saturated heterocycles. The van der Waals surface area contributed by atoms with Crippen LogP contribution in [0, 0.1) is 4.64 Å². The maximum absolute atomic E-state index is 5.33. The highest BCUT2D eigenvalue weighted by molar-refractivity contribution is 9.10. The Balaban J connectivity index is 1.74. The van der Waals surface area contributed by atoms with Crippen LogP contribution < -0.4 is 0 Å². The number of nitrogens with zero attached hydrogens (tertiary/aromatic N) is 1. The zero-order valence-electron chi connectivity index (χ0n) is 11.6. The molecular formula is C16H17BrN2S2. The lowest BCUT2D eigenvalue weighted by molar-refractivity contribution is 0.687. The van der Waals surface area contributed by atoms with E-state index in [0.717, 1.165) is 16.0 Å². The van der Waals surface area contributed by atoms with Crippen LogP contribution in [0.4, 0.5) is 0 Å². The molecule has 1 aromatic heterocycles. The number of thioether (sulfide) groups is 1. The average molecular weight is 381 g/mol. The van der Waals surface area contributed by atoms with E-state index in [9.17, 15) is 0 Å². The van der Waals surface area contributed by atoms with E-state index < -0.39 is 0 Å². The maximum Gasteiger partial charge on any atom is 0.130 e. The van der Waals surface area contributed by atoms with E-state index in [-0.39, 0.29) is 0 Å². The van der Waals surface area contributed by atoms with Crippen molar-refractivity contribution in [2.75, 3.05) is 0 Å². The SMILES string of the molecule is S=c1cc(C2CCCC2)[nH]c(CSc2cccc(Br)c2)n1. The van der Waals surface area contributed by atoms with E-state index in [1.807, 2.05) is 12.1 Å². The molecule has 0 spiro atoms. The van der Waals surface area contributed by atoms with Gasteiger partial charge >= 0.3 is 0 Å². The van der Waals surface area contributed by atoms with Gasteiger partial charge in [-0.25, -0.2) is 4.98 Å². The molecule has 5 heteroatoms. The molecule has 0 radical (unpaired) electrons. The Bertz CT molecular complexity index is 678. The van der Waals surface area contributed by atoms with Crippen LogP contribution in [0.5, 0.6) is 0 Å². The van der Waals surface area contributed by atoms with Crippen LogP contribution >= 0.6 is 39.9 Å². The summed E-state index contributed by atoms with van der Waals surface area (Å²) in [6, 6.07) is 10.4. The molecule has 3 rings (SSSR count). The van der Waals surface area contributed by atoms with Crippen molar-refractivity contribution in [3.63, 3.8) is 0 Å². The van der Waals surface area contributed by atoms with Gasteiger partial charge in [-0.2, -0.15) is 0 Å². The molecule has 1 heterocycles. The minimum Gasteiger partial charge on any atom is -0.346 e. The number of hydrogen-bond donors (Lipinski definition) is 1. The summed E-state index contributed by atoms with van der Waals surface area (Å²) in [5.74, 6) is 2.44. The third kappa shape index (κ3) is 4.18. The summed E-state index contributed by atoms with van der Waals surface area (Å²) in [7, 11) is 0. The highest BCUT2D eigenvalue weighted by Gasteiger charge is 2.18. The Morgan fingerprint density at radius 1 is 1.29 bits per heavy atom. The van der Waals surface area contributed by atoms with Crippen LogP contribution in [0.25, 0.3) is 0 Å². The van der Waals surface area contributed by atoms with Crippen molar-refractivity contribution in [2.45, 2.75) is 42.2 Å². The molecule has 0 aliphatic heterocycles. The van der Waals surface area contributed by atoms with Gasteiger partial charge in [0, 0.05) is 15.1 Å². The summed E-state index contributed by atoms with van der Waals surface area (Å²) in [6.07, 6.45) is 5.20. The monoisotopic (exact) mass is 380 g/mol. The molecule has 2 aromatic rings. The first-order valence-electron chi connectivity index (χ1n) is 7.19. The molecule has 1 aliphatic rings. The second-order valence-corrected chi connectivity index (χ2v) is 7.73. The molecule has 1 aliphatic carbocycles. The van der Waals surface area contributed by atoms with Crippen molar-refractivity contribution < 1.29 is 0 Å². The van der Waals surface area contributed by atoms with Crippen molar-refractivity contribution in [1.82, 2.24) is 9.97 Å². The van der Waals surface area contributed by atoms with Gasteiger partial charge in [0.05, 0.1) is 5.75 Å². The van der Waals surface area contributed by atoms with Crippen LogP contribution in [0.1, 0.15) is 43.1 Å². The number of hydrogen-bond acceptors (Lipinski definition) is 3. The zero-order chi connectivity index (χ0) is 14.7. The predicted molar refractivity (Wildman–Crippen MR) is 94.3 cm³/mol. The highest BCUT2D eigenvalue weighted by Crippen LogP contribution is 2.33. The van der Waals surface area contributed by atoms with E-state index in [1.165, 1.54) is 36.3 Å². The van der Waals surface area contributed by atoms with Gasteiger partial charge in [-0.3, -0.25) is 0 Å². The molecule has 2 nitrogen and oxygen atoms in total.